The Bertz CT molecular complexity index is 144. The van der Waals surface area contributed by atoms with Crippen molar-refractivity contribution in [3.05, 3.63) is 18.6 Å². The van der Waals surface area contributed by atoms with Crippen molar-refractivity contribution < 1.29 is 0 Å². The Labute approximate surface area is 77.1 Å². The summed E-state index contributed by atoms with van der Waals surface area (Å²) in [5.41, 5.74) is 1.67. The molecular weight excluding hydrogens is 144 g/mol. The summed E-state index contributed by atoms with van der Waals surface area (Å²) in [6.45, 7) is 6.28. The fraction of sp³-hybridized carbons (Fsp3) is 0.750. The SMILES string of the molecule is [CH2]CC(C)C1=CCCCCCC1. The van der Waals surface area contributed by atoms with E-state index in [0.29, 0.717) is 0 Å². The Hall–Kier alpha value is -0.260. The van der Waals surface area contributed by atoms with Crippen molar-refractivity contribution in [2.75, 3.05) is 0 Å². The van der Waals surface area contributed by atoms with Crippen LogP contribution in [0.2, 0.25) is 0 Å². The highest BCUT2D eigenvalue weighted by molar-refractivity contribution is 5.06. The second-order valence-electron chi connectivity index (χ2n) is 3.92. The van der Waals surface area contributed by atoms with Crippen molar-refractivity contribution in [2.45, 2.75) is 51.9 Å². The van der Waals surface area contributed by atoms with Gasteiger partial charge in [0.25, 0.3) is 0 Å². The minimum atomic E-state index is 0.725. The van der Waals surface area contributed by atoms with E-state index >= 15 is 0 Å². The van der Waals surface area contributed by atoms with Gasteiger partial charge in [-0.25, -0.2) is 0 Å². The van der Waals surface area contributed by atoms with E-state index in [-0.39, 0.29) is 0 Å². The summed E-state index contributed by atoms with van der Waals surface area (Å²) in [5, 5.41) is 0. The summed E-state index contributed by atoms with van der Waals surface area (Å²) in [7, 11) is 0. The highest BCUT2D eigenvalue weighted by atomic mass is 14.1. The molecule has 0 saturated carbocycles. The summed E-state index contributed by atoms with van der Waals surface area (Å²) in [6.07, 6.45) is 11.8. The van der Waals surface area contributed by atoms with Gasteiger partial charge in [0.05, 0.1) is 0 Å². The third-order valence-corrected chi connectivity index (χ3v) is 2.89. The molecule has 0 bridgehead atoms. The molecule has 0 amide bonds. The quantitative estimate of drug-likeness (QED) is 0.540. The fourth-order valence-corrected chi connectivity index (χ4v) is 1.85. The van der Waals surface area contributed by atoms with Crippen molar-refractivity contribution >= 4 is 0 Å². The highest BCUT2D eigenvalue weighted by Crippen LogP contribution is 2.24. The molecule has 1 unspecified atom stereocenters. The number of rotatable bonds is 2. The maximum Gasteiger partial charge on any atom is -0.0232 e. The van der Waals surface area contributed by atoms with Crippen molar-refractivity contribution in [2.24, 2.45) is 5.92 Å². The minimum Gasteiger partial charge on any atom is -0.0851 e. The number of allylic oxidation sites excluding steroid dienone is 2. The zero-order chi connectivity index (χ0) is 8.81. The Kier molecular flexibility index (Phi) is 4.42. The average molecular weight is 165 g/mol. The molecule has 69 valence electrons. The Balaban J connectivity index is 2.46. The Morgan fingerprint density at radius 1 is 1.33 bits per heavy atom. The fourth-order valence-electron chi connectivity index (χ4n) is 1.85. The molecule has 0 spiro atoms. The average Bonchev–Trinajstić information content (AvgIpc) is 2.02. The molecule has 0 aromatic rings. The smallest absolute Gasteiger partial charge is 0.0232 e. The van der Waals surface area contributed by atoms with Crippen LogP contribution in [0.25, 0.3) is 0 Å². The normalized spacial score (nSPS) is 22.3. The van der Waals surface area contributed by atoms with Gasteiger partial charge in [0.15, 0.2) is 0 Å². The topological polar surface area (TPSA) is 0 Å². The third-order valence-electron chi connectivity index (χ3n) is 2.89. The van der Waals surface area contributed by atoms with Gasteiger partial charge in [-0.2, -0.15) is 0 Å². The molecule has 0 aliphatic heterocycles. The number of hydrogen-bond donors (Lipinski definition) is 0. The summed E-state index contributed by atoms with van der Waals surface area (Å²) in [4.78, 5) is 0. The van der Waals surface area contributed by atoms with Crippen LogP contribution in [0, 0.1) is 12.8 Å². The van der Waals surface area contributed by atoms with Gasteiger partial charge < -0.3 is 0 Å². The second-order valence-corrected chi connectivity index (χ2v) is 3.92. The monoisotopic (exact) mass is 165 g/mol. The van der Waals surface area contributed by atoms with Gasteiger partial charge in [0.1, 0.15) is 0 Å². The molecule has 1 atom stereocenters. The van der Waals surface area contributed by atoms with Gasteiger partial charge in [-0.15, -0.1) is 0 Å². The number of hydrogen-bond acceptors (Lipinski definition) is 0. The molecule has 12 heavy (non-hydrogen) atoms. The van der Waals surface area contributed by atoms with Gasteiger partial charge in [-0.3, -0.25) is 0 Å². The molecule has 0 aromatic carbocycles. The predicted molar refractivity (Wildman–Crippen MR) is 54.9 cm³/mol. The molecule has 0 heteroatoms. The summed E-state index contributed by atoms with van der Waals surface area (Å²) in [6, 6.07) is 0. The highest BCUT2D eigenvalue weighted by Gasteiger charge is 2.07. The van der Waals surface area contributed by atoms with Crippen molar-refractivity contribution in [3.63, 3.8) is 0 Å². The molecule has 1 radical (unpaired) electrons. The van der Waals surface area contributed by atoms with Crippen LogP contribution < -0.4 is 0 Å². The Morgan fingerprint density at radius 3 is 2.83 bits per heavy atom. The maximum absolute atomic E-state index is 3.97. The molecule has 1 aliphatic rings. The van der Waals surface area contributed by atoms with E-state index in [0.717, 1.165) is 12.3 Å². The van der Waals surface area contributed by atoms with Gasteiger partial charge in [0, 0.05) is 0 Å². The van der Waals surface area contributed by atoms with Gasteiger partial charge in [-0.1, -0.05) is 38.3 Å². The van der Waals surface area contributed by atoms with Crippen LogP contribution in [0.3, 0.4) is 0 Å². The van der Waals surface area contributed by atoms with E-state index < -0.39 is 0 Å². The standard InChI is InChI=1S/C12H21/c1-3-11(2)12-9-7-5-4-6-8-10-12/h9,11H,1,3-8,10H2,2H3. The molecule has 0 heterocycles. The predicted octanol–water partition coefficient (Wildman–Crippen LogP) is 4.13. The second kappa shape index (κ2) is 5.40. The van der Waals surface area contributed by atoms with E-state index in [9.17, 15) is 0 Å². The summed E-state index contributed by atoms with van der Waals surface area (Å²) in [5.74, 6) is 0.725. The van der Waals surface area contributed by atoms with Gasteiger partial charge in [0.2, 0.25) is 0 Å². The van der Waals surface area contributed by atoms with E-state index in [4.69, 9.17) is 0 Å². The first-order valence-corrected chi connectivity index (χ1v) is 5.32. The molecule has 0 N–H and O–H groups in total. The zero-order valence-electron chi connectivity index (χ0n) is 8.31. The summed E-state index contributed by atoms with van der Waals surface area (Å²) < 4.78 is 0. The largest absolute Gasteiger partial charge is 0.0851 e. The van der Waals surface area contributed by atoms with Gasteiger partial charge in [-0.05, 0) is 38.0 Å². The van der Waals surface area contributed by atoms with E-state index in [1.807, 2.05) is 0 Å². The van der Waals surface area contributed by atoms with Crippen molar-refractivity contribution in [1.82, 2.24) is 0 Å². The molecule has 0 saturated heterocycles. The van der Waals surface area contributed by atoms with Crippen LogP contribution in [0.4, 0.5) is 0 Å². The zero-order valence-corrected chi connectivity index (χ0v) is 8.31. The van der Waals surface area contributed by atoms with E-state index in [1.54, 1.807) is 5.57 Å². The van der Waals surface area contributed by atoms with Crippen LogP contribution in [-0.4, -0.2) is 0 Å². The minimum absolute atomic E-state index is 0.725. The molecule has 0 fully saturated rings. The summed E-state index contributed by atoms with van der Waals surface area (Å²) >= 11 is 0. The van der Waals surface area contributed by atoms with Crippen LogP contribution in [0.1, 0.15) is 51.9 Å². The van der Waals surface area contributed by atoms with Gasteiger partial charge >= 0.3 is 0 Å². The molecule has 0 aromatic heterocycles. The third kappa shape index (κ3) is 3.00. The van der Waals surface area contributed by atoms with Crippen LogP contribution in [0.15, 0.2) is 11.6 Å². The maximum atomic E-state index is 3.97. The lowest BCUT2D eigenvalue weighted by molar-refractivity contribution is 0.571. The van der Waals surface area contributed by atoms with E-state index in [1.165, 1.54) is 38.5 Å². The molecule has 1 rings (SSSR count). The first-order valence-electron chi connectivity index (χ1n) is 5.32. The lowest BCUT2D eigenvalue weighted by atomic mass is 9.90. The van der Waals surface area contributed by atoms with Crippen molar-refractivity contribution in [3.8, 4) is 0 Å². The molecular formula is C12H21. The van der Waals surface area contributed by atoms with Crippen molar-refractivity contribution in [1.29, 1.82) is 0 Å². The van der Waals surface area contributed by atoms with Crippen LogP contribution in [-0.2, 0) is 0 Å². The molecule has 0 nitrogen and oxygen atoms in total. The van der Waals surface area contributed by atoms with Crippen LogP contribution >= 0.6 is 0 Å². The first kappa shape index (κ1) is 9.83. The Morgan fingerprint density at radius 2 is 2.08 bits per heavy atom. The lowest BCUT2D eigenvalue weighted by Crippen LogP contribution is -2.00. The van der Waals surface area contributed by atoms with E-state index in [2.05, 4.69) is 19.9 Å². The molecule has 1 aliphatic carbocycles. The van der Waals surface area contributed by atoms with Crippen LogP contribution in [0.5, 0.6) is 0 Å². The lowest BCUT2D eigenvalue weighted by Gasteiger charge is -2.16. The first-order chi connectivity index (χ1) is 5.84.